The average molecular weight is 570 g/mol. The Morgan fingerprint density at radius 1 is 0.833 bits per heavy atom. The number of nitrogens with one attached hydrogen (secondary N) is 1. The molecule has 7 nitrogen and oxygen atoms in total. The van der Waals surface area contributed by atoms with Crippen molar-refractivity contribution in [1.82, 2.24) is 4.98 Å². The summed E-state index contributed by atoms with van der Waals surface area (Å²) in [5.74, 6) is -0.220. The van der Waals surface area contributed by atoms with Crippen molar-refractivity contribution in [2.75, 3.05) is 10.2 Å². The maximum atomic E-state index is 13.3. The molecule has 42 heavy (non-hydrogen) atoms. The van der Waals surface area contributed by atoms with Crippen LogP contribution in [0.25, 0.3) is 33.3 Å². The Bertz CT molecular complexity index is 1950. The third-order valence-electron chi connectivity index (χ3n) is 7.17. The van der Waals surface area contributed by atoms with E-state index in [0.717, 1.165) is 26.7 Å². The first-order chi connectivity index (χ1) is 20.5. The number of benzene rings is 5. The number of para-hydroxylation sites is 2. The Morgan fingerprint density at radius 2 is 1.57 bits per heavy atom. The number of nitrogens with zero attached hydrogens (tertiary/aromatic N) is 2. The molecule has 1 fully saturated rings. The van der Waals surface area contributed by atoms with Gasteiger partial charge in [-0.2, -0.15) is 0 Å². The highest BCUT2D eigenvalue weighted by Gasteiger charge is 2.40. The van der Waals surface area contributed by atoms with Crippen LogP contribution >= 0.6 is 11.8 Å². The minimum atomic E-state index is -0.535. The zero-order valence-corrected chi connectivity index (χ0v) is 23.0. The summed E-state index contributed by atoms with van der Waals surface area (Å²) in [6, 6.07) is 35.4. The van der Waals surface area contributed by atoms with Gasteiger partial charge in [0.1, 0.15) is 5.52 Å². The zero-order chi connectivity index (χ0) is 28.6. The molecule has 1 unspecified atom stereocenters. The van der Waals surface area contributed by atoms with Gasteiger partial charge in [0.05, 0.1) is 10.9 Å². The van der Waals surface area contributed by atoms with E-state index in [9.17, 15) is 14.4 Å². The Morgan fingerprint density at radius 3 is 2.36 bits per heavy atom. The largest absolute Gasteiger partial charge is 0.436 e. The van der Waals surface area contributed by atoms with Gasteiger partial charge >= 0.3 is 0 Å². The summed E-state index contributed by atoms with van der Waals surface area (Å²) in [5, 5.41) is 4.46. The number of rotatable bonds is 6. The van der Waals surface area contributed by atoms with Gasteiger partial charge in [0.15, 0.2) is 5.58 Å². The Hall–Kier alpha value is -5.21. The molecular formula is C34H23N3O4S. The highest BCUT2D eigenvalue weighted by molar-refractivity contribution is 8.00. The van der Waals surface area contributed by atoms with Crippen molar-refractivity contribution in [3.05, 3.63) is 121 Å². The molecule has 0 bridgehead atoms. The lowest BCUT2D eigenvalue weighted by molar-refractivity contribution is -0.121. The summed E-state index contributed by atoms with van der Waals surface area (Å²) >= 11 is 1.34. The monoisotopic (exact) mass is 569 g/mol. The second kappa shape index (κ2) is 10.6. The molecule has 1 saturated heterocycles. The van der Waals surface area contributed by atoms with E-state index < -0.39 is 5.25 Å². The van der Waals surface area contributed by atoms with Gasteiger partial charge in [-0.1, -0.05) is 42.5 Å². The van der Waals surface area contributed by atoms with Crippen LogP contribution in [-0.4, -0.2) is 28.0 Å². The third-order valence-corrected chi connectivity index (χ3v) is 8.37. The second-order valence-electron chi connectivity index (χ2n) is 9.95. The molecule has 0 saturated carbocycles. The molecule has 1 aliphatic heterocycles. The number of anilines is 2. The van der Waals surface area contributed by atoms with E-state index in [1.54, 1.807) is 42.5 Å². The van der Waals surface area contributed by atoms with E-state index >= 15 is 0 Å². The van der Waals surface area contributed by atoms with Crippen molar-refractivity contribution in [3.8, 4) is 11.5 Å². The number of fused-ring (bicyclic) bond motifs is 2. The number of hydrogen-bond acceptors (Lipinski definition) is 6. The summed E-state index contributed by atoms with van der Waals surface area (Å²) in [6.07, 6.45) is 0.108. The summed E-state index contributed by atoms with van der Waals surface area (Å²) in [7, 11) is 0. The Kier molecular flexibility index (Phi) is 6.52. The number of carbonyl (C=O) groups is 3. The molecule has 1 aromatic heterocycles. The highest BCUT2D eigenvalue weighted by atomic mass is 32.2. The molecule has 6 aromatic rings. The number of oxazole rings is 1. The Labute approximate surface area is 245 Å². The standard InChI is InChI=1S/C34H23N3O4S/c38-31-20-30(34(40)37(31)26-15-11-22(12-16-26)33-36-28-7-3-4-8-29(28)41-33)42-27-17-13-25(14-18-27)35-32(39)24-10-9-21-5-1-2-6-23(21)19-24/h1-19,30H,20H2,(H,35,39). The molecule has 0 radical (unpaired) electrons. The molecule has 2 heterocycles. The first-order valence-electron chi connectivity index (χ1n) is 13.4. The van der Waals surface area contributed by atoms with Crippen molar-refractivity contribution in [1.29, 1.82) is 0 Å². The van der Waals surface area contributed by atoms with Gasteiger partial charge in [0, 0.05) is 28.1 Å². The fourth-order valence-electron chi connectivity index (χ4n) is 5.03. The van der Waals surface area contributed by atoms with Crippen LogP contribution in [0.2, 0.25) is 0 Å². The number of amides is 3. The van der Waals surface area contributed by atoms with Crippen molar-refractivity contribution in [2.45, 2.75) is 16.6 Å². The van der Waals surface area contributed by atoms with Crippen LogP contribution in [0.4, 0.5) is 11.4 Å². The van der Waals surface area contributed by atoms with Crippen LogP contribution in [0.5, 0.6) is 0 Å². The Balaban J connectivity index is 1.00. The van der Waals surface area contributed by atoms with Gasteiger partial charge in [-0.3, -0.25) is 14.4 Å². The van der Waals surface area contributed by atoms with Crippen LogP contribution in [0, 0.1) is 0 Å². The maximum absolute atomic E-state index is 13.3. The first-order valence-corrected chi connectivity index (χ1v) is 14.3. The lowest BCUT2D eigenvalue weighted by atomic mass is 10.1. The second-order valence-corrected chi connectivity index (χ2v) is 11.2. The quantitative estimate of drug-likeness (QED) is 0.211. The SMILES string of the molecule is O=C(Nc1ccc(SC2CC(=O)N(c3ccc(-c4nc5ccccc5o4)cc3)C2=O)cc1)c1ccc2ccccc2c1. The summed E-state index contributed by atoms with van der Waals surface area (Å²) in [4.78, 5) is 45.5. The molecule has 0 spiro atoms. The van der Waals surface area contributed by atoms with Crippen molar-refractivity contribution in [2.24, 2.45) is 0 Å². The molecule has 8 heteroatoms. The van der Waals surface area contributed by atoms with Gasteiger partial charge in [0.2, 0.25) is 17.7 Å². The van der Waals surface area contributed by atoms with Gasteiger partial charge in [-0.25, -0.2) is 9.88 Å². The van der Waals surface area contributed by atoms with E-state index in [1.165, 1.54) is 16.7 Å². The van der Waals surface area contributed by atoms with Crippen LogP contribution in [0.15, 0.2) is 125 Å². The fraction of sp³-hybridized carbons (Fsp3) is 0.0588. The molecule has 1 aliphatic rings. The lowest BCUT2D eigenvalue weighted by Crippen LogP contribution is -2.31. The first kappa shape index (κ1) is 25.7. The van der Waals surface area contributed by atoms with E-state index in [0.29, 0.717) is 28.4 Å². The lowest BCUT2D eigenvalue weighted by Gasteiger charge is -2.15. The number of carbonyl (C=O) groups excluding carboxylic acids is 3. The van der Waals surface area contributed by atoms with Crippen LogP contribution in [0.3, 0.4) is 0 Å². The maximum Gasteiger partial charge on any atom is 0.255 e. The van der Waals surface area contributed by atoms with E-state index in [-0.39, 0.29) is 24.1 Å². The topological polar surface area (TPSA) is 92.5 Å². The van der Waals surface area contributed by atoms with E-state index in [2.05, 4.69) is 10.3 Å². The zero-order valence-electron chi connectivity index (χ0n) is 22.2. The van der Waals surface area contributed by atoms with E-state index in [4.69, 9.17) is 4.42 Å². The molecular weight excluding hydrogens is 546 g/mol. The predicted octanol–water partition coefficient (Wildman–Crippen LogP) is 7.32. The molecule has 204 valence electrons. The molecule has 7 rings (SSSR count). The number of hydrogen-bond donors (Lipinski definition) is 1. The fourth-order valence-corrected chi connectivity index (χ4v) is 6.08. The summed E-state index contributed by atoms with van der Waals surface area (Å²) < 4.78 is 5.83. The van der Waals surface area contributed by atoms with Gasteiger partial charge in [0.25, 0.3) is 5.91 Å². The average Bonchev–Trinajstić information content (AvgIpc) is 3.58. The molecule has 1 N–H and O–H groups in total. The van der Waals surface area contributed by atoms with Crippen molar-refractivity contribution < 1.29 is 18.8 Å². The van der Waals surface area contributed by atoms with Crippen LogP contribution in [-0.2, 0) is 9.59 Å². The smallest absolute Gasteiger partial charge is 0.255 e. The number of imide groups is 1. The normalized spacial score (nSPS) is 15.0. The summed E-state index contributed by atoms with van der Waals surface area (Å²) in [6.45, 7) is 0. The van der Waals surface area contributed by atoms with Crippen LogP contribution < -0.4 is 10.2 Å². The molecule has 0 aliphatic carbocycles. The highest BCUT2D eigenvalue weighted by Crippen LogP contribution is 2.35. The predicted molar refractivity (Wildman–Crippen MR) is 165 cm³/mol. The third kappa shape index (κ3) is 4.93. The number of thioether (sulfide) groups is 1. The van der Waals surface area contributed by atoms with Crippen LogP contribution in [0.1, 0.15) is 16.8 Å². The summed E-state index contributed by atoms with van der Waals surface area (Å²) in [5.41, 5.74) is 3.95. The minimum absolute atomic E-state index is 0.108. The molecule has 5 aromatic carbocycles. The van der Waals surface area contributed by atoms with Crippen molar-refractivity contribution >= 4 is 62.7 Å². The number of aromatic nitrogens is 1. The van der Waals surface area contributed by atoms with Gasteiger partial charge in [-0.05, 0) is 83.6 Å². The van der Waals surface area contributed by atoms with Crippen molar-refractivity contribution in [3.63, 3.8) is 0 Å². The van der Waals surface area contributed by atoms with Gasteiger partial charge < -0.3 is 9.73 Å². The van der Waals surface area contributed by atoms with Gasteiger partial charge in [-0.15, -0.1) is 11.8 Å². The molecule has 1 atom stereocenters. The van der Waals surface area contributed by atoms with E-state index in [1.807, 2.05) is 72.8 Å². The molecule has 3 amide bonds. The minimum Gasteiger partial charge on any atom is -0.436 e.